The molecular formula is C15H15ClFNS. The highest BCUT2D eigenvalue weighted by molar-refractivity contribution is 7.99. The van der Waals surface area contributed by atoms with E-state index in [9.17, 15) is 4.39 Å². The Kier molecular flexibility index (Phi) is 4.86. The summed E-state index contributed by atoms with van der Waals surface area (Å²) < 4.78 is 14.1. The summed E-state index contributed by atoms with van der Waals surface area (Å²) in [5.41, 5.74) is 0.937. The quantitative estimate of drug-likeness (QED) is 0.860. The molecule has 2 aromatic rings. The molecule has 0 saturated heterocycles. The second-order valence-corrected chi connectivity index (χ2v) is 5.66. The van der Waals surface area contributed by atoms with Crippen molar-refractivity contribution in [2.45, 2.75) is 22.8 Å². The van der Waals surface area contributed by atoms with E-state index in [1.165, 1.54) is 17.8 Å². The van der Waals surface area contributed by atoms with Gasteiger partial charge < -0.3 is 5.32 Å². The van der Waals surface area contributed by atoms with Gasteiger partial charge in [0.1, 0.15) is 5.82 Å². The monoisotopic (exact) mass is 295 g/mol. The minimum absolute atomic E-state index is 0.0840. The fourth-order valence-corrected chi connectivity index (χ4v) is 3.08. The molecule has 2 aromatic carbocycles. The molecule has 0 heterocycles. The van der Waals surface area contributed by atoms with E-state index in [1.54, 1.807) is 6.07 Å². The van der Waals surface area contributed by atoms with Crippen LogP contribution in [0.1, 0.15) is 18.5 Å². The van der Waals surface area contributed by atoms with Crippen LogP contribution in [0, 0.1) is 5.82 Å². The summed E-state index contributed by atoms with van der Waals surface area (Å²) in [7, 11) is 1.86. The van der Waals surface area contributed by atoms with E-state index in [4.69, 9.17) is 11.6 Å². The molecule has 0 amide bonds. The lowest BCUT2D eigenvalue weighted by Crippen LogP contribution is -2.13. The highest BCUT2D eigenvalue weighted by Crippen LogP contribution is 2.38. The van der Waals surface area contributed by atoms with Crippen molar-refractivity contribution < 1.29 is 4.39 Å². The molecule has 0 aliphatic heterocycles. The van der Waals surface area contributed by atoms with Crippen LogP contribution in [0.3, 0.4) is 0 Å². The molecule has 19 heavy (non-hydrogen) atoms. The molecule has 2 rings (SSSR count). The van der Waals surface area contributed by atoms with Crippen LogP contribution in [0.4, 0.5) is 4.39 Å². The van der Waals surface area contributed by atoms with Crippen molar-refractivity contribution in [1.82, 2.24) is 5.32 Å². The van der Waals surface area contributed by atoms with Crippen LogP contribution < -0.4 is 5.32 Å². The highest BCUT2D eigenvalue weighted by atomic mass is 35.5. The number of hydrogen-bond acceptors (Lipinski definition) is 2. The maximum absolute atomic E-state index is 14.1. The number of hydrogen-bond donors (Lipinski definition) is 1. The van der Waals surface area contributed by atoms with Crippen LogP contribution in [0.5, 0.6) is 0 Å². The zero-order valence-electron chi connectivity index (χ0n) is 10.8. The third-order valence-electron chi connectivity index (χ3n) is 2.95. The summed E-state index contributed by atoms with van der Waals surface area (Å²) in [5, 5.41) is 3.77. The zero-order chi connectivity index (χ0) is 13.8. The second kappa shape index (κ2) is 6.42. The second-order valence-electron chi connectivity index (χ2n) is 4.20. The Balaban J connectivity index is 2.42. The fourth-order valence-electron chi connectivity index (χ4n) is 1.77. The van der Waals surface area contributed by atoms with Crippen molar-refractivity contribution in [3.8, 4) is 0 Å². The molecule has 0 bridgehead atoms. The van der Waals surface area contributed by atoms with Crippen molar-refractivity contribution in [2.24, 2.45) is 0 Å². The zero-order valence-corrected chi connectivity index (χ0v) is 12.4. The number of nitrogens with one attached hydrogen (secondary N) is 1. The van der Waals surface area contributed by atoms with Gasteiger partial charge in [-0.25, -0.2) is 4.39 Å². The summed E-state index contributed by atoms with van der Waals surface area (Å²) in [4.78, 5) is 1.48. The lowest BCUT2D eigenvalue weighted by Gasteiger charge is -2.16. The van der Waals surface area contributed by atoms with Gasteiger partial charge in [0, 0.05) is 10.9 Å². The Bertz CT molecular complexity index is 574. The first-order chi connectivity index (χ1) is 9.13. The van der Waals surface area contributed by atoms with Crippen LogP contribution in [-0.2, 0) is 0 Å². The predicted octanol–water partition coefficient (Wildman–Crippen LogP) is 4.91. The Morgan fingerprint density at radius 1 is 1.16 bits per heavy atom. The first-order valence-corrected chi connectivity index (χ1v) is 7.21. The predicted molar refractivity (Wildman–Crippen MR) is 79.4 cm³/mol. The molecule has 0 saturated carbocycles. The van der Waals surface area contributed by atoms with Crippen LogP contribution in [-0.4, -0.2) is 7.05 Å². The summed E-state index contributed by atoms with van der Waals surface area (Å²) in [6.45, 7) is 2.01. The van der Waals surface area contributed by atoms with Gasteiger partial charge in [-0.15, -0.1) is 0 Å². The highest BCUT2D eigenvalue weighted by Gasteiger charge is 2.15. The Morgan fingerprint density at radius 3 is 2.58 bits per heavy atom. The van der Waals surface area contributed by atoms with Gasteiger partial charge in [-0.2, -0.15) is 0 Å². The molecule has 1 N–H and O–H groups in total. The normalized spacial score (nSPS) is 12.4. The van der Waals surface area contributed by atoms with Crippen LogP contribution >= 0.6 is 23.4 Å². The number of rotatable bonds is 4. The van der Waals surface area contributed by atoms with Crippen LogP contribution in [0.15, 0.2) is 52.3 Å². The minimum Gasteiger partial charge on any atom is -0.313 e. The van der Waals surface area contributed by atoms with Gasteiger partial charge in [0.25, 0.3) is 0 Å². The first-order valence-electron chi connectivity index (χ1n) is 6.01. The molecule has 0 radical (unpaired) electrons. The molecule has 100 valence electrons. The molecule has 0 aliphatic carbocycles. The molecule has 0 aliphatic rings. The van der Waals surface area contributed by atoms with E-state index in [0.717, 1.165) is 10.5 Å². The van der Waals surface area contributed by atoms with E-state index < -0.39 is 0 Å². The third-order valence-corrected chi connectivity index (χ3v) is 4.60. The van der Waals surface area contributed by atoms with Gasteiger partial charge in [-0.1, -0.05) is 47.6 Å². The largest absolute Gasteiger partial charge is 0.313 e. The van der Waals surface area contributed by atoms with Crippen molar-refractivity contribution in [3.05, 3.63) is 58.9 Å². The smallest absolute Gasteiger partial charge is 0.137 e. The fraction of sp³-hybridized carbons (Fsp3) is 0.200. The summed E-state index contributed by atoms with van der Waals surface area (Å²) in [5.74, 6) is -0.218. The van der Waals surface area contributed by atoms with Gasteiger partial charge in [-0.05, 0) is 37.7 Å². The average Bonchev–Trinajstić information content (AvgIpc) is 2.42. The van der Waals surface area contributed by atoms with Gasteiger partial charge >= 0.3 is 0 Å². The summed E-state index contributed by atoms with van der Waals surface area (Å²) in [6.07, 6.45) is 0. The lowest BCUT2D eigenvalue weighted by molar-refractivity contribution is 0.576. The van der Waals surface area contributed by atoms with E-state index in [0.29, 0.717) is 9.92 Å². The molecule has 0 aromatic heterocycles. The molecular weight excluding hydrogens is 281 g/mol. The van der Waals surface area contributed by atoms with E-state index in [1.807, 2.05) is 44.3 Å². The maximum Gasteiger partial charge on any atom is 0.137 e. The lowest BCUT2D eigenvalue weighted by atomic mass is 10.1. The van der Waals surface area contributed by atoms with E-state index in [2.05, 4.69) is 5.32 Å². The molecule has 0 spiro atoms. The summed E-state index contributed by atoms with van der Waals surface area (Å²) >= 11 is 7.50. The van der Waals surface area contributed by atoms with Crippen LogP contribution in [0.25, 0.3) is 0 Å². The molecule has 0 fully saturated rings. The first kappa shape index (κ1) is 14.4. The molecule has 1 unspecified atom stereocenters. The topological polar surface area (TPSA) is 12.0 Å². The van der Waals surface area contributed by atoms with Gasteiger partial charge in [0.15, 0.2) is 0 Å². The number of benzene rings is 2. The Morgan fingerprint density at radius 2 is 1.89 bits per heavy atom. The van der Waals surface area contributed by atoms with E-state index >= 15 is 0 Å². The van der Waals surface area contributed by atoms with Crippen molar-refractivity contribution >= 4 is 23.4 Å². The molecule has 4 heteroatoms. The van der Waals surface area contributed by atoms with Gasteiger partial charge in [-0.3, -0.25) is 0 Å². The SMILES string of the molecule is CNC(C)c1cccc(F)c1Sc1ccccc1Cl. The number of halogens is 2. The van der Waals surface area contributed by atoms with Crippen molar-refractivity contribution in [3.63, 3.8) is 0 Å². The van der Waals surface area contributed by atoms with Gasteiger partial charge in [0.2, 0.25) is 0 Å². The van der Waals surface area contributed by atoms with Crippen molar-refractivity contribution in [2.75, 3.05) is 7.05 Å². The molecule has 1 atom stereocenters. The minimum atomic E-state index is -0.218. The van der Waals surface area contributed by atoms with E-state index in [-0.39, 0.29) is 11.9 Å². The molecule has 1 nitrogen and oxygen atoms in total. The maximum atomic E-state index is 14.1. The Labute approximate surface area is 122 Å². The van der Waals surface area contributed by atoms with Gasteiger partial charge in [0.05, 0.1) is 9.92 Å². The van der Waals surface area contributed by atoms with Crippen molar-refractivity contribution in [1.29, 1.82) is 0 Å². The standard InChI is InChI=1S/C15H15ClFNS/c1-10(18-2)11-6-5-8-13(17)15(11)19-14-9-4-3-7-12(14)16/h3-10,18H,1-2H3. The Hall–Kier alpha value is -1.03. The van der Waals surface area contributed by atoms with Crippen LogP contribution in [0.2, 0.25) is 5.02 Å². The third kappa shape index (κ3) is 3.30. The summed E-state index contributed by atoms with van der Waals surface area (Å²) in [6, 6.07) is 12.7. The average molecular weight is 296 g/mol.